The average molecular weight is 429 g/mol. The first-order valence-corrected chi connectivity index (χ1v) is 9.71. The van der Waals surface area contributed by atoms with Gasteiger partial charge in [0.05, 0.1) is 15.0 Å². The van der Waals surface area contributed by atoms with Gasteiger partial charge >= 0.3 is 5.97 Å². The van der Waals surface area contributed by atoms with Crippen LogP contribution in [0.5, 0.6) is 5.75 Å². The van der Waals surface area contributed by atoms with Crippen LogP contribution in [0.15, 0.2) is 26.7 Å². The van der Waals surface area contributed by atoms with Gasteiger partial charge < -0.3 is 9.84 Å². The van der Waals surface area contributed by atoms with Crippen molar-refractivity contribution in [2.45, 2.75) is 20.8 Å². The number of allylic oxidation sites excluding steroid dienone is 1. The summed E-state index contributed by atoms with van der Waals surface area (Å²) in [5.41, 5.74) is 1.43. The van der Waals surface area contributed by atoms with E-state index in [2.05, 4.69) is 19.9 Å². The molecular weight excluding hydrogens is 413 g/mol. The van der Waals surface area contributed by atoms with Crippen LogP contribution in [-0.2, 0) is 4.79 Å². The van der Waals surface area contributed by atoms with Crippen LogP contribution in [-0.4, -0.2) is 20.5 Å². The summed E-state index contributed by atoms with van der Waals surface area (Å²) in [6, 6.07) is 7.68. The highest BCUT2D eigenvalue weighted by Crippen LogP contribution is 2.42. The summed E-state index contributed by atoms with van der Waals surface area (Å²) in [5, 5.41) is 18.5. The van der Waals surface area contributed by atoms with Crippen LogP contribution in [0.4, 0.5) is 0 Å². The summed E-state index contributed by atoms with van der Waals surface area (Å²) >= 11 is 0.861. The molecule has 0 aromatic heterocycles. The van der Waals surface area contributed by atoms with Crippen molar-refractivity contribution in [1.82, 2.24) is 0 Å². The maximum Gasteiger partial charge on any atom is 0.343 e. The van der Waals surface area contributed by atoms with Gasteiger partial charge in [-0.05, 0) is 36.6 Å². The highest BCUT2D eigenvalue weighted by atomic mass is 127. The molecule has 0 saturated carbocycles. The van der Waals surface area contributed by atoms with E-state index in [1.54, 1.807) is 6.07 Å². The van der Waals surface area contributed by atoms with Gasteiger partial charge in [0.1, 0.15) is 16.7 Å². The number of benzene rings is 1. The fourth-order valence-corrected chi connectivity index (χ4v) is 6.68. The standard InChI is InChI=1S/C16H16INO3S/c1-9(2)8-21-13-5-4-11(6-12(13)7-18)15-17-10(3)14(22-15)16(19)20/h4-6,9H,8H2,1-3H3,(H,19,20). The van der Waals surface area contributed by atoms with Gasteiger partial charge in [-0.3, -0.25) is 0 Å². The molecule has 22 heavy (non-hydrogen) atoms. The number of hydrogen-bond acceptors (Lipinski definition) is 4. The summed E-state index contributed by atoms with van der Waals surface area (Å²) in [7, 11) is 0. The number of ether oxygens (including phenoxy) is 1. The molecule has 0 radical (unpaired) electrons. The summed E-state index contributed by atoms with van der Waals surface area (Å²) in [4.78, 5) is 11.6. The largest absolute Gasteiger partial charge is 0.492 e. The molecule has 6 heteroatoms. The van der Waals surface area contributed by atoms with Crippen LogP contribution >= 0.6 is 32.5 Å². The Labute approximate surface area is 143 Å². The number of halogens is 1. The van der Waals surface area contributed by atoms with Crippen LogP contribution in [0.25, 0.3) is 0 Å². The molecule has 0 unspecified atom stereocenters. The number of aliphatic carboxylic acids is 1. The smallest absolute Gasteiger partial charge is 0.343 e. The van der Waals surface area contributed by atoms with Gasteiger partial charge in [-0.1, -0.05) is 46.3 Å². The maximum absolute atomic E-state index is 11.2. The van der Waals surface area contributed by atoms with E-state index in [4.69, 9.17) is 9.84 Å². The summed E-state index contributed by atoms with van der Waals surface area (Å²) < 4.78 is 7.69. The number of carbonyl (C=O) groups is 1. The number of thioether (sulfide) groups is 1. The van der Waals surface area contributed by atoms with Crippen molar-refractivity contribution >= 4 is 41.3 Å². The fraction of sp³-hybridized carbons (Fsp3) is 0.312. The molecule has 0 saturated heterocycles. The van der Waals surface area contributed by atoms with Crippen LogP contribution in [0.1, 0.15) is 31.9 Å². The normalized spacial score (nSPS) is 14.4. The lowest BCUT2D eigenvalue weighted by Gasteiger charge is -2.11. The molecule has 1 heterocycles. The second kappa shape index (κ2) is 7.29. The molecule has 0 amide bonds. The number of hydrogen-bond donors (Lipinski definition) is 1. The van der Waals surface area contributed by atoms with Gasteiger partial charge in [0, 0.05) is 3.58 Å². The Morgan fingerprint density at radius 1 is 1.50 bits per heavy atom. The number of rotatable bonds is 5. The molecule has 4 nitrogen and oxygen atoms in total. The number of carboxylic acids is 1. The zero-order chi connectivity index (χ0) is 16.3. The Balaban J connectivity index is 2.24. The van der Waals surface area contributed by atoms with E-state index < -0.39 is 26.7 Å². The van der Waals surface area contributed by atoms with Crippen LogP contribution in [0.2, 0.25) is 0 Å². The number of nitrogens with zero attached hydrogens (tertiary/aromatic N) is 1. The minimum atomic E-state index is -0.866. The first kappa shape index (κ1) is 17.0. The van der Waals surface area contributed by atoms with Crippen molar-refractivity contribution in [2.24, 2.45) is 5.92 Å². The molecule has 0 fully saturated rings. The SMILES string of the molecule is CC1=C(C(=O)O)SC(c2ccc(OCC(C)C)c(C#N)c2)=I1. The van der Waals surface area contributed by atoms with Crippen molar-refractivity contribution in [3.8, 4) is 11.8 Å². The molecule has 0 aliphatic carbocycles. The summed E-state index contributed by atoms with van der Waals surface area (Å²) in [6.07, 6.45) is 0. The van der Waals surface area contributed by atoms with Crippen LogP contribution < -0.4 is 4.74 Å². The molecule has 1 N–H and O–H groups in total. The van der Waals surface area contributed by atoms with E-state index in [1.165, 1.54) is 11.8 Å². The Morgan fingerprint density at radius 2 is 2.23 bits per heavy atom. The Bertz CT molecular complexity index is 717. The van der Waals surface area contributed by atoms with Crippen molar-refractivity contribution < 1.29 is 14.6 Å². The second-order valence-electron chi connectivity index (χ2n) is 5.17. The van der Waals surface area contributed by atoms with E-state index in [0.29, 0.717) is 28.7 Å². The average Bonchev–Trinajstić information content (AvgIpc) is 2.87. The first-order valence-electron chi connectivity index (χ1n) is 6.73. The highest BCUT2D eigenvalue weighted by Gasteiger charge is 2.22. The molecule has 116 valence electrons. The lowest BCUT2D eigenvalue weighted by atomic mass is 10.1. The van der Waals surface area contributed by atoms with Gasteiger partial charge in [0.2, 0.25) is 0 Å². The molecule has 1 aliphatic rings. The lowest BCUT2D eigenvalue weighted by Crippen LogP contribution is -2.06. The second-order valence-corrected chi connectivity index (χ2v) is 10.2. The van der Waals surface area contributed by atoms with Crippen molar-refractivity contribution in [2.75, 3.05) is 6.61 Å². The monoisotopic (exact) mass is 429 g/mol. The Hall–Kier alpha value is -1.33. The van der Waals surface area contributed by atoms with Crippen molar-refractivity contribution in [1.29, 1.82) is 5.26 Å². The van der Waals surface area contributed by atoms with Crippen LogP contribution in [0.3, 0.4) is 0 Å². The molecule has 0 atom stereocenters. The van der Waals surface area contributed by atoms with Gasteiger partial charge in [-0.25, -0.2) is 4.79 Å². The van der Waals surface area contributed by atoms with Crippen molar-refractivity contribution in [3.05, 3.63) is 37.8 Å². The van der Waals surface area contributed by atoms with E-state index in [0.717, 1.165) is 12.0 Å². The van der Waals surface area contributed by atoms with E-state index in [9.17, 15) is 10.1 Å². The van der Waals surface area contributed by atoms with Gasteiger partial charge in [-0.2, -0.15) is 5.26 Å². The molecule has 2 rings (SSSR count). The molecule has 1 aliphatic heterocycles. The zero-order valence-electron chi connectivity index (χ0n) is 12.5. The Kier molecular flexibility index (Phi) is 5.64. The lowest BCUT2D eigenvalue weighted by molar-refractivity contribution is -0.131. The van der Waals surface area contributed by atoms with Crippen LogP contribution in [0, 0.1) is 17.2 Å². The predicted octanol–water partition coefficient (Wildman–Crippen LogP) is 4.10. The zero-order valence-corrected chi connectivity index (χ0v) is 15.5. The minimum absolute atomic E-state index is 0.391. The quantitative estimate of drug-likeness (QED) is 0.714. The molecule has 0 bridgehead atoms. The van der Waals surface area contributed by atoms with Gasteiger partial charge in [0.15, 0.2) is 0 Å². The summed E-state index contributed by atoms with van der Waals surface area (Å²) in [5.74, 6) is 0.112. The molecule has 1 aromatic carbocycles. The third-order valence-corrected chi connectivity index (χ3v) is 7.93. The number of carboxylic acid groups (broad SMARTS) is 1. The fourth-order valence-electron chi connectivity index (χ4n) is 1.78. The first-order chi connectivity index (χ1) is 10.4. The topological polar surface area (TPSA) is 70.3 Å². The highest BCUT2D eigenvalue weighted by molar-refractivity contribution is 14.2. The van der Waals surface area contributed by atoms with E-state index >= 15 is 0 Å². The maximum atomic E-state index is 11.2. The molecular formula is C16H16INO3S. The summed E-state index contributed by atoms with van der Waals surface area (Å²) in [6.45, 7) is 6.55. The predicted molar refractivity (Wildman–Crippen MR) is 97.5 cm³/mol. The van der Waals surface area contributed by atoms with Gasteiger partial charge in [-0.15, -0.1) is 0 Å². The van der Waals surface area contributed by atoms with Crippen molar-refractivity contribution in [3.63, 3.8) is 0 Å². The van der Waals surface area contributed by atoms with E-state index in [-0.39, 0.29) is 0 Å². The Morgan fingerprint density at radius 3 is 2.77 bits per heavy atom. The molecule has 1 aromatic rings. The minimum Gasteiger partial charge on any atom is -0.492 e. The molecule has 0 spiro atoms. The van der Waals surface area contributed by atoms with Gasteiger partial charge in [0.25, 0.3) is 0 Å². The third kappa shape index (κ3) is 3.90. The van der Waals surface area contributed by atoms with E-state index in [1.807, 2.05) is 19.1 Å². The number of nitriles is 1. The third-order valence-electron chi connectivity index (χ3n) is 2.83.